The van der Waals surface area contributed by atoms with Crippen LogP contribution in [-0.2, 0) is 0 Å². The second-order valence-corrected chi connectivity index (χ2v) is 3.70. The third kappa shape index (κ3) is 3.67. The molecular formula is C13H12FN3O2. The highest BCUT2D eigenvalue weighted by atomic mass is 19.1. The van der Waals surface area contributed by atoms with Crippen LogP contribution in [-0.4, -0.2) is 18.1 Å². The average Bonchev–Trinajstić information content (AvgIpc) is 2.38. The molecule has 0 unspecified atom stereocenters. The molecule has 6 heteroatoms. The number of aromatic nitrogens is 1. The number of nitrogens with zero attached hydrogens (tertiary/aromatic N) is 1. The molecule has 5 nitrogen and oxygen atoms in total. The first-order valence-corrected chi connectivity index (χ1v) is 5.50. The molecule has 0 aliphatic carbocycles. The molecule has 0 aliphatic heterocycles. The first-order valence-electron chi connectivity index (χ1n) is 5.50. The van der Waals surface area contributed by atoms with Crippen molar-refractivity contribution in [1.29, 1.82) is 0 Å². The van der Waals surface area contributed by atoms with Gasteiger partial charge in [0.1, 0.15) is 11.6 Å². The molecule has 0 saturated heterocycles. The Balaban J connectivity index is 2.05. The Labute approximate surface area is 109 Å². The summed E-state index contributed by atoms with van der Waals surface area (Å²) in [7, 11) is 1.42. The van der Waals surface area contributed by atoms with Gasteiger partial charge in [0, 0.05) is 24.0 Å². The van der Waals surface area contributed by atoms with Crippen molar-refractivity contribution in [1.82, 2.24) is 4.98 Å². The van der Waals surface area contributed by atoms with Gasteiger partial charge in [-0.25, -0.2) is 9.18 Å². The van der Waals surface area contributed by atoms with Crippen molar-refractivity contribution in [2.75, 3.05) is 17.7 Å². The molecule has 1 aromatic heterocycles. The highest BCUT2D eigenvalue weighted by Crippen LogP contribution is 2.19. The van der Waals surface area contributed by atoms with Crippen molar-refractivity contribution in [3.05, 3.63) is 48.5 Å². The third-order valence-electron chi connectivity index (χ3n) is 2.28. The van der Waals surface area contributed by atoms with Crippen LogP contribution in [0.25, 0.3) is 0 Å². The standard InChI is InChI=1S/C13H12FN3O2/c1-19-12-6-9(14)5-11(7-12)17-13(18)16-10-3-2-4-15-8-10/h2-8H,1H3,(H2,16,17,18). The van der Waals surface area contributed by atoms with Gasteiger partial charge in [0.05, 0.1) is 19.0 Å². The Bertz CT molecular complexity index is 575. The molecule has 0 spiro atoms. The van der Waals surface area contributed by atoms with Crippen molar-refractivity contribution in [2.24, 2.45) is 0 Å². The Morgan fingerprint density at radius 1 is 1.26 bits per heavy atom. The number of rotatable bonds is 3. The van der Waals surface area contributed by atoms with Gasteiger partial charge in [0.25, 0.3) is 0 Å². The molecule has 1 heterocycles. The smallest absolute Gasteiger partial charge is 0.323 e. The quantitative estimate of drug-likeness (QED) is 0.893. The molecule has 0 atom stereocenters. The lowest BCUT2D eigenvalue weighted by Gasteiger charge is -2.08. The van der Waals surface area contributed by atoms with Crippen molar-refractivity contribution >= 4 is 17.4 Å². The number of hydrogen-bond donors (Lipinski definition) is 2. The van der Waals surface area contributed by atoms with Gasteiger partial charge in [0.15, 0.2) is 0 Å². The number of carbonyl (C=O) groups is 1. The first-order chi connectivity index (χ1) is 9.17. The van der Waals surface area contributed by atoms with Gasteiger partial charge in [-0.3, -0.25) is 4.98 Å². The molecule has 19 heavy (non-hydrogen) atoms. The van der Waals surface area contributed by atoms with E-state index in [4.69, 9.17) is 4.74 Å². The zero-order valence-corrected chi connectivity index (χ0v) is 10.2. The minimum absolute atomic E-state index is 0.304. The number of urea groups is 1. The molecule has 0 fully saturated rings. The number of halogens is 1. The molecule has 2 rings (SSSR count). The number of nitrogens with one attached hydrogen (secondary N) is 2. The molecule has 1 aromatic carbocycles. The van der Waals surface area contributed by atoms with Crippen LogP contribution >= 0.6 is 0 Å². The Morgan fingerprint density at radius 3 is 2.74 bits per heavy atom. The molecule has 0 saturated carbocycles. The molecule has 2 aromatic rings. The van der Waals surface area contributed by atoms with E-state index in [1.165, 1.54) is 31.5 Å². The van der Waals surface area contributed by atoms with E-state index in [0.717, 1.165) is 0 Å². The number of carbonyl (C=O) groups excluding carboxylic acids is 1. The number of ether oxygens (including phenoxy) is 1. The van der Waals surface area contributed by atoms with Crippen LogP contribution in [0.15, 0.2) is 42.7 Å². The van der Waals surface area contributed by atoms with E-state index in [0.29, 0.717) is 17.1 Å². The average molecular weight is 261 g/mol. The van der Waals surface area contributed by atoms with Crippen molar-refractivity contribution < 1.29 is 13.9 Å². The Kier molecular flexibility index (Phi) is 3.92. The maximum atomic E-state index is 13.2. The second kappa shape index (κ2) is 5.81. The van der Waals surface area contributed by atoms with Gasteiger partial charge < -0.3 is 15.4 Å². The molecular weight excluding hydrogens is 249 g/mol. The largest absolute Gasteiger partial charge is 0.497 e. The van der Waals surface area contributed by atoms with E-state index in [2.05, 4.69) is 15.6 Å². The lowest BCUT2D eigenvalue weighted by Crippen LogP contribution is -2.19. The van der Waals surface area contributed by atoms with Gasteiger partial charge in [-0.15, -0.1) is 0 Å². The van der Waals surface area contributed by atoms with Crippen LogP contribution in [0.5, 0.6) is 5.75 Å². The lowest BCUT2D eigenvalue weighted by molar-refractivity contribution is 0.262. The fourth-order valence-corrected chi connectivity index (χ4v) is 1.48. The molecule has 98 valence electrons. The molecule has 0 bridgehead atoms. The summed E-state index contributed by atoms with van der Waals surface area (Å²) < 4.78 is 18.1. The van der Waals surface area contributed by atoms with Gasteiger partial charge in [0.2, 0.25) is 0 Å². The van der Waals surface area contributed by atoms with Crippen molar-refractivity contribution in [2.45, 2.75) is 0 Å². The predicted octanol–water partition coefficient (Wildman–Crippen LogP) is 2.87. The maximum Gasteiger partial charge on any atom is 0.323 e. The van der Waals surface area contributed by atoms with Gasteiger partial charge in [-0.1, -0.05) is 0 Å². The van der Waals surface area contributed by atoms with Crippen molar-refractivity contribution in [3.63, 3.8) is 0 Å². The predicted molar refractivity (Wildman–Crippen MR) is 69.8 cm³/mol. The summed E-state index contributed by atoms with van der Waals surface area (Å²) >= 11 is 0. The highest BCUT2D eigenvalue weighted by Gasteiger charge is 2.05. The molecule has 0 radical (unpaired) electrons. The minimum atomic E-state index is -0.490. The van der Waals surface area contributed by atoms with Crippen LogP contribution in [0, 0.1) is 5.82 Å². The first kappa shape index (κ1) is 12.8. The van der Waals surface area contributed by atoms with Crippen molar-refractivity contribution in [3.8, 4) is 5.75 Å². The van der Waals surface area contributed by atoms with Gasteiger partial charge in [-0.2, -0.15) is 0 Å². The van der Waals surface area contributed by atoms with E-state index in [1.54, 1.807) is 18.3 Å². The van der Waals surface area contributed by atoms with Gasteiger partial charge in [-0.05, 0) is 18.2 Å². The maximum absolute atomic E-state index is 13.2. The van der Waals surface area contributed by atoms with Gasteiger partial charge >= 0.3 is 6.03 Å². The normalized spacial score (nSPS) is 9.79. The number of benzene rings is 1. The monoisotopic (exact) mass is 261 g/mol. The number of hydrogen-bond acceptors (Lipinski definition) is 3. The third-order valence-corrected chi connectivity index (χ3v) is 2.28. The van der Waals surface area contributed by atoms with E-state index in [1.807, 2.05) is 0 Å². The van der Waals surface area contributed by atoms with E-state index in [9.17, 15) is 9.18 Å². The lowest BCUT2D eigenvalue weighted by atomic mass is 10.3. The summed E-state index contributed by atoms with van der Waals surface area (Å²) in [5.74, 6) is -0.160. The fraction of sp³-hybridized carbons (Fsp3) is 0.0769. The number of methoxy groups -OCH3 is 1. The highest BCUT2D eigenvalue weighted by molar-refractivity contribution is 5.99. The SMILES string of the molecule is COc1cc(F)cc(NC(=O)Nc2cccnc2)c1. The summed E-state index contributed by atoms with van der Waals surface area (Å²) in [5.41, 5.74) is 0.849. The summed E-state index contributed by atoms with van der Waals surface area (Å²) in [5, 5.41) is 5.08. The zero-order chi connectivity index (χ0) is 13.7. The summed E-state index contributed by atoms with van der Waals surface area (Å²) in [6.07, 6.45) is 3.10. The Hall–Kier alpha value is -2.63. The zero-order valence-electron chi connectivity index (χ0n) is 10.2. The van der Waals surface area contributed by atoms with Crippen LogP contribution in [0.3, 0.4) is 0 Å². The number of pyridine rings is 1. The minimum Gasteiger partial charge on any atom is -0.497 e. The number of anilines is 2. The second-order valence-electron chi connectivity index (χ2n) is 3.70. The van der Waals surface area contributed by atoms with Crippen LogP contribution < -0.4 is 15.4 Å². The van der Waals surface area contributed by atoms with Crippen LogP contribution in [0.4, 0.5) is 20.6 Å². The fourth-order valence-electron chi connectivity index (χ4n) is 1.48. The molecule has 0 aliphatic rings. The summed E-state index contributed by atoms with van der Waals surface area (Å²) in [6, 6.07) is 6.85. The molecule has 2 amide bonds. The summed E-state index contributed by atoms with van der Waals surface area (Å²) in [6.45, 7) is 0. The number of amides is 2. The summed E-state index contributed by atoms with van der Waals surface area (Å²) in [4.78, 5) is 15.5. The van der Waals surface area contributed by atoms with E-state index < -0.39 is 11.8 Å². The molecule has 2 N–H and O–H groups in total. The van der Waals surface area contributed by atoms with Crippen LogP contribution in [0.2, 0.25) is 0 Å². The van der Waals surface area contributed by atoms with E-state index >= 15 is 0 Å². The topological polar surface area (TPSA) is 63.2 Å². The van der Waals surface area contributed by atoms with E-state index in [-0.39, 0.29) is 0 Å². The Morgan fingerprint density at radius 2 is 2.05 bits per heavy atom. The van der Waals surface area contributed by atoms with Crippen LogP contribution in [0.1, 0.15) is 0 Å².